The molecular weight excluding hydrogens is 259 g/mol. The molecule has 4 nitrogen and oxygen atoms in total. The van der Waals surface area contributed by atoms with E-state index in [0.29, 0.717) is 4.60 Å². The van der Waals surface area contributed by atoms with Gasteiger partial charge < -0.3 is 10.5 Å². The summed E-state index contributed by atoms with van der Waals surface area (Å²) in [5, 5.41) is 0.0785. The van der Waals surface area contributed by atoms with Crippen LogP contribution in [0.15, 0.2) is 10.7 Å². The molecule has 0 atom stereocenters. The average Bonchev–Trinajstić information content (AvgIpc) is 2.10. The predicted octanol–water partition coefficient (Wildman–Crippen LogP) is 1.87. The van der Waals surface area contributed by atoms with Crippen LogP contribution in [0.4, 0.5) is 5.69 Å². The van der Waals surface area contributed by atoms with Gasteiger partial charge in [0.2, 0.25) is 0 Å². The summed E-state index contributed by atoms with van der Waals surface area (Å²) >= 11 is 8.73. The van der Waals surface area contributed by atoms with Crippen LogP contribution in [0.3, 0.4) is 0 Å². The van der Waals surface area contributed by atoms with Gasteiger partial charge in [-0.1, -0.05) is 11.6 Å². The number of nitrogens with two attached hydrogens (primary N) is 1. The van der Waals surface area contributed by atoms with E-state index in [9.17, 15) is 4.79 Å². The number of halogens is 2. The molecule has 0 unspecified atom stereocenters. The molecule has 1 aromatic rings. The van der Waals surface area contributed by atoms with Crippen LogP contribution in [-0.2, 0) is 4.74 Å². The first-order valence-corrected chi connectivity index (χ1v) is 4.43. The lowest BCUT2D eigenvalue weighted by atomic mass is 10.2. The minimum Gasteiger partial charge on any atom is -0.465 e. The number of esters is 1. The lowest BCUT2D eigenvalue weighted by Gasteiger charge is -2.04. The maximum Gasteiger partial charge on any atom is 0.340 e. The summed E-state index contributed by atoms with van der Waals surface area (Å²) in [6.07, 6.45) is 0. The molecular formula is C7H6BrClN2O2. The Kier molecular flexibility index (Phi) is 3.11. The van der Waals surface area contributed by atoms with Crippen molar-refractivity contribution in [3.05, 3.63) is 21.4 Å². The van der Waals surface area contributed by atoms with Crippen molar-refractivity contribution >= 4 is 39.2 Å². The van der Waals surface area contributed by atoms with Gasteiger partial charge in [0, 0.05) is 0 Å². The summed E-state index contributed by atoms with van der Waals surface area (Å²) < 4.78 is 4.94. The summed E-state index contributed by atoms with van der Waals surface area (Å²) in [6.45, 7) is 0. The number of carbonyl (C=O) groups is 1. The van der Waals surface area contributed by atoms with Crippen LogP contribution in [0.5, 0.6) is 0 Å². The molecule has 0 aliphatic rings. The van der Waals surface area contributed by atoms with Crippen molar-refractivity contribution in [2.45, 2.75) is 0 Å². The van der Waals surface area contributed by atoms with Crippen LogP contribution in [0, 0.1) is 0 Å². The van der Waals surface area contributed by atoms with Gasteiger partial charge in [-0.3, -0.25) is 0 Å². The number of methoxy groups -OCH3 is 1. The summed E-state index contributed by atoms with van der Waals surface area (Å²) in [4.78, 5) is 14.9. The third-order valence-corrected chi connectivity index (χ3v) is 2.08. The standard InChI is InChI=1S/C7H6BrClN2O2/c1-13-7(12)3-2-4(8)11-6(9)5(3)10/h2H,10H2,1H3. The first-order chi connectivity index (χ1) is 6.06. The molecule has 0 aliphatic heterocycles. The normalized spacial score (nSPS) is 9.77. The van der Waals surface area contributed by atoms with Crippen LogP contribution < -0.4 is 5.73 Å². The van der Waals surface area contributed by atoms with E-state index in [-0.39, 0.29) is 16.4 Å². The molecule has 70 valence electrons. The number of hydrogen-bond acceptors (Lipinski definition) is 4. The molecule has 1 rings (SSSR count). The van der Waals surface area contributed by atoms with Gasteiger partial charge in [-0.25, -0.2) is 9.78 Å². The van der Waals surface area contributed by atoms with E-state index >= 15 is 0 Å². The largest absolute Gasteiger partial charge is 0.465 e. The Morgan fingerprint density at radius 3 is 2.92 bits per heavy atom. The highest BCUT2D eigenvalue weighted by Gasteiger charge is 2.14. The Morgan fingerprint density at radius 1 is 1.77 bits per heavy atom. The van der Waals surface area contributed by atoms with Crippen molar-refractivity contribution in [1.29, 1.82) is 0 Å². The van der Waals surface area contributed by atoms with Crippen molar-refractivity contribution < 1.29 is 9.53 Å². The molecule has 0 fully saturated rings. The molecule has 6 heteroatoms. The number of pyridine rings is 1. The van der Waals surface area contributed by atoms with Crippen molar-refractivity contribution in [3.8, 4) is 0 Å². The van der Waals surface area contributed by atoms with E-state index in [4.69, 9.17) is 17.3 Å². The van der Waals surface area contributed by atoms with Crippen molar-refractivity contribution in [3.63, 3.8) is 0 Å². The second kappa shape index (κ2) is 3.93. The molecule has 0 radical (unpaired) electrons. The van der Waals surface area contributed by atoms with E-state index in [0.717, 1.165) is 0 Å². The van der Waals surface area contributed by atoms with Gasteiger partial charge in [0.1, 0.15) is 4.60 Å². The SMILES string of the molecule is COC(=O)c1cc(Br)nc(Cl)c1N. The van der Waals surface area contributed by atoms with Gasteiger partial charge in [0.25, 0.3) is 0 Å². The van der Waals surface area contributed by atoms with Crippen molar-refractivity contribution in [2.24, 2.45) is 0 Å². The minimum atomic E-state index is -0.539. The lowest BCUT2D eigenvalue weighted by molar-refractivity contribution is 0.0601. The van der Waals surface area contributed by atoms with Crippen LogP contribution in [-0.4, -0.2) is 18.1 Å². The highest BCUT2D eigenvalue weighted by Crippen LogP contribution is 2.24. The molecule has 0 aliphatic carbocycles. The van der Waals surface area contributed by atoms with Crippen LogP contribution >= 0.6 is 27.5 Å². The summed E-state index contributed by atoms with van der Waals surface area (Å²) in [6, 6.07) is 1.45. The maximum atomic E-state index is 11.1. The second-order valence-electron chi connectivity index (χ2n) is 2.19. The number of nitrogens with zero attached hydrogens (tertiary/aromatic N) is 1. The van der Waals surface area contributed by atoms with E-state index in [1.165, 1.54) is 13.2 Å². The Hall–Kier alpha value is -0.810. The van der Waals surface area contributed by atoms with Crippen LogP contribution in [0.25, 0.3) is 0 Å². The predicted molar refractivity (Wildman–Crippen MR) is 52.7 cm³/mol. The summed E-state index contributed by atoms with van der Waals surface area (Å²) in [5.74, 6) is -0.539. The van der Waals surface area contributed by atoms with Crippen LogP contribution in [0.2, 0.25) is 5.15 Å². The van der Waals surface area contributed by atoms with E-state index in [2.05, 4.69) is 25.7 Å². The number of anilines is 1. The zero-order valence-corrected chi connectivity index (χ0v) is 9.02. The van der Waals surface area contributed by atoms with Crippen LogP contribution in [0.1, 0.15) is 10.4 Å². The minimum absolute atomic E-state index is 0.0785. The lowest BCUT2D eigenvalue weighted by Crippen LogP contribution is -2.07. The zero-order chi connectivity index (χ0) is 10.0. The summed E-state index contributed by atoms with van der Waals surface area (Å²) in [5.41, 5.74) is 5.84. The Balaban J connectivity index is 3.28. The number of aromatic nitrogens is 1. The molecule has 0 saturated carbocycles. The molecule has 0 aromatic carbocycles. The monoisotopic (exact) mass is 264 g/mol. The van der Waals surface area contributed by atoms with Gasteiger partial charge in [-0.05, 0) is 22.0 Å². The van der Waals surface area contributed by atoms with Gasteiger partial charge in [-0.2, -0.15) is 0 Å². The van der Waals surface area contributed by atoms with Gasteiger partial charge in [-0.15, -0.1) is 0 Å². The number of hydrogen-bond donors (Lipinski definition) is 1. The van der Waals surface area contributed by atoms with Gasteiger partial charge in [0.05, 0.1) is 18.4 Å². The number of nitrogen functional groups attached to an aromatic ring is 1. The maximum absolute atomic E-state index is 11.1. The average molecular weight is 265 g/mol. The number of rotatable bonds is 1. The van der Waals surface area contributed by atoms with E-state index in [1.54, 1.807) is 0 Å². The van der Waals surface area contributed by atoms with Gasteiger partial charge in [0.15, 0.2) is 5.15 Å². The number of carbonyl (C=O) groups excluding carboxylic acids is 1. The van der Waals surface area contributed by atoms with Gasteiger partial charge >= 0.3 is 5.97 Å². The Labute approximate surface area is 88.2 Å². The summed E-state index contributed by atoms with van der Waals surface area (Å²) in [7, 11) is 1.27. The van der Waals surface area contributed by atoms with E-state index in [1.807, 2.05) is 0 Å². The molecule has 2 N–H and O–H groups in total. The molecule has 0 saturated heterocycles. The first-order valence-electron chi connectivity index (χ1n) is 3.26. The molecule has 1 aromatic heterocycles. The molecule has 1 heterocycles. The topological polar surface area (TPSA) is 65.2 Å². The molecule has 0 amide bonds. The Morgan fingerprint density at radius 2 is 2.38 bits per heavy atom. The smallest absolute Gasteiger partial charge is 0.340 e. The number of ether oxygens (including phenoxy) is 1. The highest BCUT2D eigenvalue weighted by atomic mass is 79.9. The third-order valence-electron chi connectivity index (χ3n) is 1.39. The van der Waals surface area contributed by atoms with Crippen molar-refractivity contribution in [1.82, 2.24) is 4.98 Å². The fourth-order valence-electron chi connectivity index (χ4n) is 0.773. The third kappa shape index (κ3) is 2.10. The fraction of sp³-hybridized carbons (Fsp3) is 0.143. The molecule has 13 heavy (non-hydrogen) atoms. The first kappa shape index (κ1) is 10.3. The molecule has 0 spiro atoms. The highest BCUT2D eigenvalue weighted by molar-refractivity contribution is 9.10. The van der Waals surface area contributed by atoms with Crippen molar-refractivity contribution in [2.75, 3.05) is 12.8 Å². The Bertz CT molecular complexity index is 357. The molecule has 0 bridgehead atoms. The zero-order valence-electron chi connectivity index (χ0n) is 6.67. The quantitative estimate of drug-likeness (QED) is 0.622. The fourth-order valence-corrected chi connectivity index (χ4v) is 1.47. The second-order valence-corrected chi connectivity index (χ2v) is 3.36. The van der Waals surface area contributed by atoms with E-state index < -0.39 is 5.97 Å².